The second kappa shape index (κ2) is 11.8. The maximum absolute atomic E-state index is 14.2. The Morgan fingerprint density at radius 2 is 1.54 bits per heavy atom. The lowest BCUT2D eigenvalue weighted by molar-refractivity contribution is -0.196. The van der Waals surface area contributed by atoms with Crippen LogP contribution in [0.4, 0.5) is 0 Å². The quantitative estimate of drug-likeness (QED) is 0.348. The first-order valence-electron chi connectivity index (χ1n) is 16.2. The van der Waals surface area contributed by atoms with Crippen molar-refractivity contribution in [3.63, 3.8) is 0 Å². The van der Waals surface area contributed by atoms with Gasteiger partial charge >= 0.3 is 0 Å². The number of aliphatic hydroxyl groups excluding tert-OH is 1. The van der Waals surface area contributed by atoms with Crippen molar-refractivity contribution in [3.8, 4) is 5.75 Å². The molecule has 2 aromatic rings. The topological polar surface area (TPSA) is 175 Å². The number of Topliss-reactive ketones (excluding diaryl/α,β-unsaturated/α-hetero) is 4. The zero-order chi connectivity index (χ0) is 33.2. The van der Waals surface area contributed by atoms with E-state index in [0.29, 0.717) is 29.4 Å². The van der Waals surface area contributed by atoms with Crippen LogP contribution in [0.1, 0.15) is 65.6 Å². The van der Waals surface area contributed by atoms with Crippen LogP contribution in [0.3, 0.4) is 0 Å². The van der Waals surface area contributed by atoms with Crippen LogP contribution in [0.15, 0.2) is 42.5 Å². The summed E-state index contributed by atoms with van der Waals surface area (Å²) in [6.07, 6.45) is 4.05. The van der Waals surface area contributed by atoms with Gasteiger partial charge in [0.25, 0.3) is 0 Å². The number of fused-ring (bicyclic) bond motifs is 3. The molecular formula is C36H42N2O8. The molecule has 0 bridgehead atoms. The van der Waals surface area contributed by atoms with Crippen molar-refractivity contribution >= 4 is 29.0 Å². The average Bonchev–Trinajstić information content (AvgIpc) is 3.01. The van der Waals surface area contributed by atoms with Gasteiger partial charge in [-0.1, -0.05) is 49.4 Å². The Bertz CT molecular complexity index is 1600. The van der Waals surface area contributed by atoms with E-state index in [1.165, 1.54) is 24.6 Å². The summed E-state index contributed by atoms with van der Waals surface area (Å²) in [5, 5.41) is 35.1. The van der Waals surface area contributed by atoms with Gasteiger partial charge in [0.05, 0.1) is 29.5 Å². The number of primary amides is 1. The van der Waals surface area contributed by atoms with Crippen LogP contribution in [-0.2, 0) is 32.0 Å². The molecule has 3 fully saturated rings. The molecule has 0 aliphatic heterocycles. The first-order chi connectivity index (χ1) is 21.8. The molecule has 244 valence electrons. The van der Waals surface area contributed by atoms with Gasteiger partial charge in [0.15, 0.2) is 34.7 Å². The molecule has 6 rings (SSSR count). The van der Waals surface area contributed by atoms with E-state index < -0.39 is 76.4 Å². The number of hydrogen-bond acceptors (Lipinski definition) is 9. The van der Waals surface area contributed by atoms with Crippen molar-refractivity contribution in [2.24, 2.45) is 41.2 Å². The number of nitrogens with two attached hydrogens (primary N) is 1. The second-order valence-corrected chi connectivity index (χ2v) is 14.2. The van der Waals surface area contributed by atoms with Crippen molar-refractivity contribution < 1.29 is 39.3 Å². The third kappa shape index (κ3) is 4.84. The number of carbonyl (C=O) groups excluding carboxylic acids is 5. The summed E-state index contributed by atoms with van der Waals surface area (Å²) >= 11 is 0. The van der Waals surface area contributed by atoms with Crippen LogP contribution >= 0.6 is 0 Å². The lowest BCUT2D eigenvalue weighted by Gasteiger charge is -2.56. The Hall–Kier alpha value is -3.73. The summed E-state index contributed by atoms with van der Waals surface area (Å²) in [5.41, 5.74) is 4.72. The van der Waals surface area contributed by atoms with Gasteiger partial charge in [-0.3, -0.25) is 28.9 Å². The van der Waals surface area contributed by atoms with Crippen LogP contribution in [0.2, 0.25) is 0 Å². The molecule has 0 radical (unpaired) electrons. The third-order valence-corrected chi connectivity index (χ3v) is 11.4. The summed E-state index contributed by atoms with van der Waals surface area (Å²) in [6.45, 7) is 1.72. The summed E-state index contributed by atoms with van der Waals surface area (Å²) in [7, 11) is 2.94. The Labute approximate surface area is 268 Å². The van der Waals surface area contributed by atoms with Crippen molar-refractivity contribution in [2.45, 2.75) is 69.1 Å². The van der Waals surface area contributed by atoms with Crippen LogP contribution in [0.5, 0.6) is 5.75 Å². The number of aliphatic hydroxyl groups is 2. The monoisotopic (exact) mass is 630 g/mol. The molecule has 8 atom stereocenters. The first kappa shape index (κ1) is 32.2. The lowest BCUT2D eigenvalue weighted by atomic mass is 9.49. The highest BCUT2D eigenvalue weighted by atomic mass is 16.3. The Kier molecular flexibility index (Phi) is 8.27. The van der Waals surface area contributed by atoms with E-state index in [4.69, 9.17) is 5.73 Å². The number of rotatable bonds is 6. The number of phenols is 1. The highest BCUT2D eigenvalue weighted by molar-refractivity contribution is 6.32. The van der Waals surface area contributed by atoms with E-state index in [2.05, 4.69) is 24.3 Å². The zero-order valence-electron chi connectivity index (χ0n) is 26.4. The highest BCUT2D eigenvalue weighted by Crippen LogP contribution is 2.55. The predicted octanol–water partition coefficient (Wildman–Crippen LogP) is 1.99. The fourth-order valence-corrected chi connectivity index (χ4v) is 9.10. The van der Waals surface area contributed by atoms with E-state index in [9.17, 15) is 39.3 Å². The minimum atomic E-state index is -3.00. The Morgan fingerprint density at radius 3 is 2.13 bits per heavy atom. The number of ketones is 4. The Balaban J connectivity index is 1.29. The van der Waals surface area contributed by atoms with Crippen LogP contribution < -0.4 is 5.73 Å². The Morgan fingerprint density at radius 1 is 0.935 bits per heavy atom. The largest absolute Gasteiger partial charge is 0.507 e. The molecule has 10 nitrogen and oxygen atoms in total. The number of benzene rings is 2. The average molecular weight is 631 g/mol. The molecule has 10 heteroatoms. The molecule has 0 heterocycles. The number of phenolic OH excluding ortho intramolecular Hbond substituents is 1. The summed E-state index contributed by atoms with van der Waals surface area (Å²) in [5.74, 6) is -12.0. The summed E-state index contributed by atoms with van der Waals surface area (Å²) < 4.78 is 0. The molecule has 1 amide bonds. The number of aromatic hydroxyl groups is 1. The fraction of sp³-hybridized carbons (Fsp3) is 0.528. The number of likely N-dealkylation sites (N-methyl/N-ethyl adjacent to an activating group) is 1. The third-order valence-electron chi connectivity index (χ3n) is 11.4. The lowest BCUT2D eigenvalue weighted by Crippen LogP contribution is -2.77. The SMILES string of the molecule is C[C@@H]1c2ccc(CC3CCC(Cc4ccccc4)CC3)c(O)c2C(=O)C2C(=O)[C@@]3(O)C(=O)C(C(N)=O)C(=O)[C@H](N(C)C)[C@H]3[C@H](O)[C@H]21. The van der Waals surface area contributed by atoms with E-state index in [-0.39, 0.29) is 11.3 Å². The maximum atomic E-state index is 14.2. The predicted molar refractivity (Wildman–Crippen MR) is 167 cm³/mol. The van der Waals surface area contributed by atoms with E-state index in [1.807, 2.05) is 6.07 Å². The maximum Gasteiger partial charge on any atom is 0.235 e. The van der Waals surface area contributed by atoms with Crippen LogP contribution in [0.25, 0.3) is 0 Å². The van der Waals surface area contributed by atoms with E-state index in [1.54, 1.807) is 19.1 Å². The van der Waals surface area contributed by atoms with E-state index >= 15 is 0 Å². The second-order valence-electron chi connectivity index (χ2n) is 14.2. The number of amides is 1. The van der Waals surface area contributed by atoms with Crippen molar-refractivity contribution in [3.05, 3.63) is 64.7 Å². The molecule has 2 aromatic carbocycles. The minimum Gasteiger partial charge on any atom is -0.507 e. The van der Waals surface area contributed by atoms with Gasteiger partial charge in [0.2, 0.25) is 5.91 Å². The summed E-state index contributed by atoms with van der Waals surface area (Å²) in [4.78, 5) is 68.8. The molecule has 3 saturated carbocycles. The molecule has 4 aliphatic rings. The van der Waals surface area contributed by atoms with Crippen LogP contribution in [-0.4, -0.2) is 81.1 Å². The van der Waals surface area contributed by atoms with Gasteiger partial charge < -0.3 is 21.1 Å². The molecule has 46 heavy (non-hydrogen) atoms. The molecule has 0 aromatic heterocycles. The van der Waals surface area contributed by atoms with Gasteiger partial charge in [-0.2, -0.15) is 0 Å². The molecule has 0 saturated heterocycles. The fourth-order valence-electron chi connectivity index (χ4n) is 9.10. The van der Waals surface area contributed by atoms with Gasteiger partial charge in [0, 0.05) is 5.92 Å². The molecule has 4 aliphatic carbocycles. The number of nitrogens with zero attached hydrogens (tertiary/aromatic N) is 1. The highest BCUT2D eigenvalue weighted by Gasteiger charge is 2.72. The summed E-state index contributed by atoms with van der Waals surface area (Å²) in [6, 6.07) is 12.6. The smallest absolute Gasteiger partial charge is 0.235 e. The standard InChI is InChI=1S/C36H42N2O8/c1-17-22-14-13-21(16-20-11-9-19(10-12-20)15-18-7-5-4-6-8-18)29(39)24(22)30(40)25-23(17)31(41)27-28(38(2)3)32(42)26(35(37)45)34(44)36(27,46)33(25)43/h4-8,13-14,17,19-20,23,25-28,31,39,41,46H,9-12,15-16H2,1-3H3,(H2,37,45)/t17-,19?,20?,23+,25?,26?,27+,28-,31-,36-/m1/s1. The van der Waals surface area contributed by atoms with Gasteiger partial charge in [-0.25, -0.2) is 0 Å². The minimum absolute atomic E-state index is 0.0402. The molecular weight excluding hydrogens is 588 g/mol. The van der Waals surface area contributed by atoms with E-state index in [0.717, 1.165) is 32.1 Å². The molecule has 2 unspecified atom stereocenters. The normalized spacial score (nSPS) is 35.8. The van der Waals surface area contributed by atoms with Gasteiger partial charge in [0.1, 0.15) is 5.75 Å². The van der Waals surface area contributed by atoms with Crippen LogP contribution in [0, 0.1) is 35.5 Å². The first-order valence-corrected chi connectivity index (χ1v) is 16.2. The van der Waals surface area contributed by atoms with Gasteiger partial charge in [-0.05, 0) is 87.1 Å². The van der Waals surface area contributed by atoms with Crippen molar-refractivity contribution in [1.29, 1.82) is 0 Å². The molecule has 0 spiro atoms. The van der Waals surface area contributed by atoms with Crippen molar-refractivity contribution in [1.82, 2.24) is 4.90 Å². The number of carbonyl (C=O) groups is 5. The van der Waals surface area contributed by atoms with Crippen molar-refractivity contribution in [2.75, 3.05) is 14.1 Å². The molecule has 5 N–H and O–H groups in total. The van der Waals surface area contributed by atoms with Gasteiger partial charge in [-0.15, -0.1) is 0 Å². The zero-order valence-corrected chi connectivity index (χ0v) is 26.4. The number of hydrogen-bond donors (Lipinski definition) is 4.